The summed E-state index contributed by atoms with van der Waals surface area (Å²) in [4.78, 5) is 24.4. The number of carbonyl (C=O) groups is 2. The highest BCUT2D eigenvalue weighted by molar-refractivity contribution is 7.18. The molecule has 2 rings (SSSR count). The third-order valence-electron chi connectivity index (χ3n) is 2.70. The Hall–Kier alpha value is -2.12. The Kier molecular flexibility index (Phi) is 5.13. The summed E-state index contributed by atoms with van der Waals surface area (Å²) >= 11 is 1.22. The van der Waals surface area contributed by atoms with Crippen molar-refractivity contribution in [2.24, 2.45) is 0 Å². The fourth-order valence-corrected chi connectivity index (χ4v) is 2.68. The monoisotopic (exact) mass is 308 g/mol. The molecule has 2 aromatic rings. The molecule has 0 aliphatic heterocycles. The predicted octanol–water partition coefficient (Wildman–Crippen LogP) is 2.28. The summed E-state index contributed by atoms with van der Waals surface area (Å²) in [6.07, 6.45) is 1.43. The molecule has 6 nitrogen and oxygen atoms in total. The standard InChI is InChI=1S/C14H16N2O4S/c1-9-8-11(16-13(17)10-4-3-6-20-10)21-12(9)14(18)15-5-7-19-2/h3-4,6,8H,5,7H2,1-2H3,(H,15,18)(H,16,17). The lowest BCUT2D eigenvalue weighted by atomic mass is 10.3. The van der Waals surface area contributed by atoms with Crippen LogP contribution in [0.2, 0.25) is 0 Å². The first-order valence-electron chi connectivity index (χ1n) is 6.34. The second-order valence-corrected chi connectivity index (χ2v) is 5.36. The van der Waals surface area contributed by atoms with E-state index in [1.807, 2.05) is 6.92 Å². The number of carbonyl (C=O) groups excluding carboxylic acids is 2. The normalized spacial score (nSPS) is 10.4. The van der Waals surface area contributed by atoms with Gasteiger partial charge in [-0.1, -0.05) is 0 Å². The molecular formula is C14H16N2O4S. The Labute approximate surface area is 126 Å². The fourth-order valence-electron chi connectivity index (χ4n) is 1.70. The lowest BCUT2D eigenvalue weighted by Gasteiger charge is -2.03. The van der Waals surface area contributed by atoms with E-state index in [-0.39, 0.29) is 17.6 Å². The lowest BCUT2D eigenvalue weighted by molar-refractivity contribution is 0.0939. The first-order chi connectivity index (χ1) is 10.1. The Bertz CT molecular complexity index is 619. The van der Waals surface area contributed by atoms with Gasteiger partial charge in [0.1, 0.15) is 0 Å². The molecule has 112 valence electrons. The van der Waals surface area contributed by atoms with Crippen LogP contribution in [0, 0.1) is 6.92 Å². The molecule has 0 unspecified atom stereocenters. The SMILES string of the molecule is COCCNC(=O)c1sc(NC(=O)c2ccco2)cc1C. The first-order valence-corrected chi connectivity index (χ1v) is 7.16. The molecular weight excluding hydrogens is 292 g/mol. The largest absolute Gasteiger partial charge is 0.459 e. The van der Waals surface area contributed by atoms with E-state index in [2.05, 4.69) is 10.6 Å². The van der Waals surface area contributed by atoms with Gasteiger partial charge in [-0.15, -0.1) is 11.3 Å². The van der Waals surface area contributed by atoms with E-state index in [0.29, 0.717) is 23.0 Å². The van der Waals surface area contributed by atoms with Gasteiger partial charge in [0, 0.05) is 13.7 Å². The number of rotatable bonds is 6. The fraction of sp³-hybridized carbons (Fsp3) is 0.286. The average molecular weight is 308 g/mol. The van der Waals surface area contributed by atoms with Crippen molar-refractivity contribution in [2.75, 3.05) is 25.6 Å². The zero-order valence-corrected chi connectivity index (χ0v) is 12.6. The van der Waals surface area contributed by atoms with Crippen molar-refractivity contribution in [1.29, 1.82) is 0 Å². The predicted molar refractivity (Wildman–Crippen MR) is 79.9 cm³/mol. The highest BCUT2D eigenvalue weighted by Crippen LogP contribution is 2.27. The summed E-state index contributed by atoms with van der Waals surface area (Å²) in [6, 6.07) is 4.98. The Balaban J connectivity index is 2.01. The Morgan fingerprint density at radius 1 is 1.38 bits per heavy atom. The van der Waals surface area contributed by atoms with Crippen LogP contribution >= 0.6 is 11.3 Å². The van der Waals surface area contributed by atoms with Crippen molar-refractivity contribution < 1.29 is 18.7 Å². The van der Waals surface area contributed by atoms with Gasteiger partial charge in [0.15, 0.2) is 5.76 Å². The number of nitrogens with one attached hydrogen (secondary N) is 2. The topological polar surface area (TPSA) is 80.6 Å². The van der Waals surface area contributed by atoms with Crippen molar-refractivity contribution in [3.8, 4) is 0 Å². The number of ether oxygens (including phenoxy) is 1. The van der Waals surface area contributed by atoms with E-state index in [4.69, 9.17) is 9.15 Å². The molecule has 0 aromatic carbocycles. The van der Waals surface area contributed by atoms with E-state index >= 15 is 0 Å². The van der Waals surface area contributed by atoms with Gasteiger partial charge in [-0.3, -0.25) is 9.59 Å². The van der Waals surface area contributed by atoms with Crippen molar-refractivity contribution in [3.63, 3.8) is 0 Å². The van der Waals surface area contributed by atoms with E-state index in [0.717, 1.165) is 5.56 Å². The number of furan rings is 1. The number of aryl methyl sites for hydroxylation is 1. The molecule has 2 N–H and O–H groups in total. The molecule has 0 spiro atoms. The molecule has 0 fully saturated rings. The molecule has 0 aliphatic rings. The summed E-state index contributed by atoms with van der Waals surface area (Å²) < 4.78 is 9.90. The number of hydrogen-bond donors (Lipinski definition) is 2. The quantitative estimate of drug-likeness (QED) is 0.802. The second kappa shape index (κ2) is 7.05. The zero-order valence-electron chi connectivity index (χ0n) is 11.8. The third-order valence-corrected chi connectivity index (χ3v) is 3.85. The first kappa shape index (κ1) is 15.3. The van der Waals surface area contributed by atoms with Gasteiger partial charge in [-0.05, 0) is 30.7 Å². The number of hydrogen-bond acceptors (Lipinski definition) is 5. The van der Waals surface area contributed by atoms with Crippen molar-refractivity contribution >= 4 is 28.2 Å². The van der Waals surface area contributed by atoms with E-state index in [1.54, 1.807) is 25.3 Å². The highest BCUT2D eigenvalue weighted by Gasteiger charge is 2.16. The minimum atomic E-state index is -0.340. The third kappa shape index (κ3) is 3.93. The zero-order chi connectivity index (χ0) is 15.2. The van der Waals surface area contributed by atoms with Gasteiger partial charge in [0.25, 0.3) is 11.8 Å². The minimum absolute atomic E-state index is 0.173. The second-order valence-electron chi connectivity index (χ2n) is 4.30. The maximum absolute atomic E-state index is 12.0. The van der Waals surface area contributed by atoms with Crippen molar-refractivity contribution in [1.82, 2.24) is 5.32 Å². The summed E-state index contributed by atoms with van der Waals surface area (Å²) in [5.74, 6) is -0.284. The molecule has 21 heavy (non-hydrogen) atoms. The van der Waals surface area contributed by atoms with Crippen LogP contribution in [0.5, 0.6) is 0 Å². The maximum atomic E-state index is 12.0. The lowest BCUT2D eigenvalue weighted by Crippen LogP contribution is -2.26. The Morgan fingerprint density at radius 2 is 2.19 bits per heavy atom. The highest BCUT2D eigenvalue weighted by atomic mass is 32.1. The van der Waals surface area contributed by atoms with Crippen LogP contribution in [0.1, 0.15) is 25.8 Å². The molecule has 0 saturated carbocycles. The van der Waals surface area contributed by atoms with E-state index < -0.39 is 0 Å². The molecule has 7 heteroatoms. The number of anilines is 1. The van der Waals surface area contributed by atoms with Crippen molar-refractivity contribution in [2.45, 2.75) is 6.92 Å². The van der Waals surface area contributed by atoms with Gasteiger partial charge >= 0.3 is 0 Å². The van der Waals surface area contributed by atoms with Gasteiger partial charge in [0.2, 0.25) is 0 Å². The molecule has 0 bridgehead atoms. The molecule has 0 atom stereocenters. The molecule has 2 aromatic heterocycles. The number of thiophene rings is 1. The van der Waals surface area contributed by atoms with Crippen LogP contribution < -0.4 is 10.6 Å². The van der Waals surface area contributed by atoms with Crippen LogP contribution in [-0.4, -0.2) is 32.1 Å². The molecule has 0 aliphatic carbocycles. The van der Waals surface area contributed by atoms with Crippen LogP contribution in [0.4, 0.5) is 5.00 Å². The molecule has 2 heterocycles. The molecule has 2 amide bonds. The van der Waals surface area contributed by atoms with Crippen LogP contribution in [0.15, 0.2) is 28.9 Å². The van der Waals surface area contributed by atoms with Crippen LogP contribution in [0.3, 0.4) is 0 Å². The van der Waals surface area contributed by atoms with Gasteiger partial charge in [0.05, 0.1) is 22.7 Å². The molecule has 0 radical (unpaired) electrons. The maximum Gasteiger partial charge on any atom is 0.291 e. The van der Waals surface area contributed by atoms with Crippen molar-refractivity contribution in [3.05, 3.63) is 40.7 Å². The van der Waals surface area contributed by atoms with Crippen LogP contribution in [0.25, 0.3) is 0 Å². The van der Waals surface area contributed by atoms with E-state index in [1.165, 1.54) is 17.6 Å². The summed E-state index contributed by atoms with van der Waals surface area (Å²) in [6.45, 7) is 2.73. The summed E-state index contributed by atoms with van der Waals surface area (Å²) in [7, 11) is 1.57. The smallest absolute Gasteiger partial charge is 0.291 e. The van der Waals surface area contributed by atoms with E-state index in [9.17, 15) is 9.59 Å². The minimum Gasteiger partial charge on any atom is -0.459 e. The van der Waals surface area contributed by atoms with Gasteiger partial charge in [-0.2, -0.15) is 0 Å². The van der Waals surface area contributed by atoms with Crippen LogP contribution in [-0.2, 0) is 4.74 Å². The number of amides is 2. The number of methoxy groups -OCH3 is 1. The van der Waals surface area contributed by atoms with Gasteiger partial charge in [-0.25, -0.2) is 0 Å². The Morgan fingerprint density at radius 3 is 2.86 bits per heavy atom. The molecule has 0 saturated heterocycles. The summed E-state index contributed by atoms with van der Waals surface area (Å²) in [5.41, 5.74) is 0.810. The van der Waals surface area contributed by atoms with Gasteiger partial charge < -0.3 is 19.8 Å². The average Bonchev–Trinajstić information content (AvgIpc) is 3.08. The summed E-state index contributed by atoms with van der Waals surface area (Å²) in [5, 5.41) is 6.06.